The summed E-state index contributed by atoms with van der Waals surface area (Å²) in [7, 11) is 0. The van der Waals surface area contributed by atoms with Crippen LogP contribution in [0.15, 0.2) is 36.8 Å². The number of fused-ring (bicyclic) bond motifs is 4. The third-order valence-electron chi connectivity index (χ3n) is 4.83. The van der Waals surface area contributed by atoms with E-state index in [0.717, 1.165) is 24.9 Å². The van der Waals surface area contributed by atoms with E-state index in [1.807, 2.05) is 18.3 Å². The van der Waals surface area contributed by atoms with Crippen LogP contribution in [-0.2, 0) is 13.0 Å². The molecule has 0 aliphatic carbocycles. The van der Waals surface area contributed by atoms with Crippen molar-refractivity contribution in [3.8, 4) is 0 Å². The molecule has 4 rings (SSSR count). The van der Waals surface area contributed by atoms with E-state index in [0.29, 0.717) is 17.6 Å². The lowest BCUT2D eigenvalue weighted by atomic mass is 9.98. The predicted octanol–water partition coefficient (Wildman–Crippen LogP) is 1.84. The van der Waals surface area contributed by atoms with E-state index < -0.39 is 0 Å². The maximum absolute atomic E-state index is 11.3. The minimum atomic E-state index is -0.373. The molecule has 22 heavy (non-hydrogen) atoms. The van der Waals surface area contributed by atoms with E-state index >= 15 is 0 Å². The summed E-state index contributed by atoms with van der Waals surface area (Å²) in [5.41, 5.74) is 9.55. The number of nitrogens with zero attached hydrogens (tertiary/aromatic N) is 3. The number of primary amides is 1. The fourth-order valence-electron chi connectivity index (χ4n) is 3.80. The van der Waals surface area contributed by atoms with Gasteiger partial charge in [-0.2, -0.15) is 0 Å². The molecule has 0 radical (unpaired) electrons. The predicted molar refractivity (Wildman–Crippen MR) is 82.0 cm³/mol. The van der Waals surface area contributed by atoms with Crippen molar-refractivity contribution in [2.24, 2.45) is 5.73 Å². The highest BCUT2D eigenvalue weighted by Crippen LogP contribution is 2.43. The summed E-state index contributed by atoms with van der Waals surface area (Å²) in [5, 5.41) is 0. The van der Waals surface area contributed by atoms with Crippen molar-refractivity contribution in [1.82, 2.24) is 14.9 Å². The molecule has 2 aliphatic heterocycles. The molecule has 1 aromatic carbocycles. The van der Waals surface area contributed by atoms with Crippen molar-refractivity contribution in [2.45, 2.75) is 37.9 Å². The molecule has 2 bridgehead atoms. The minimum absolute atomic E-state index is 0.373. The Morgan fingerprint density at radius 1 is 1.36 bits per heavy atom. The van der Waals surface area contributed by atoms with Crippen molar-refractivity contribution in [2.75, 3.05) is 0 Å². The zero-order valence-electron chi connectivity index (χ0n) is 12.3. The van der Waals surface area contributed by atoms with Gasteiger partial charge >= 0.3 is 0 Å². The number of benzene rings is 1. The first-order valence-corrected chi connectivity index (χ1v) is 7.65. The van der Waals surface area contributed by atoms with E-state index in [1.54, 1.807) is 12.4 Å². The average Bonchev–Trinajstić information content (AvgIpc) is 2.80. The normalized spacial score (nSPS) is 23.3. The maximum Gasteiger partial charge on any atom is 0.248 e. The number of nitrogens with two attached hydrogens (primary N) is 1. The van der Waals surface area contributed by atoms with E-state index in [9.17, 15) is 4.79 Å². The lowest BCUT2D eigenvalue weighted by molar-refractivity contribution is 0.1000. The minimum Gasteiger partial charge on any atom is -0.366 e. The van der Waals surface area contributed by atoms with Gasteiger partial charge < -0.3 is 5.73 Å². The SMILES string of the molecule is NC(=O)c1cccc(CN2C3CCC2c2cncnc2C3)c1. The fourth-order valence-corrected chi connectivity index (χ4v) is 3.80. The Balaban J connectivity index is 1.62. The van der Waals surface area contributed by atoms with Gasteiger partial charge in [-0.1, -0.05) is 12.1 Å². The zero-order valence-corrected chi connectivity index (χ0v) is 12.3. The third kappa shape index (κ3) is 2.18. The molecule has 2 N–H and O–H groups in total. The zero-order chi connectivity index (χ0) is 15.1. The average molecular weight is 294 g/mol. The highest BCUT2D eigenvalue weighted by Gasteiger charge is 2.40. The molecule has 2 unspecified atom stereocenters. The van der Waals surface area contributed by atoms with Gasteiger partial charge in [0.05, 0.1) is 5.69 Å². The molecule has 112 valence electrons. The smallest absolute Gasteiger partial charge is 0.248 e. The van der Waals surface area contributed by atoms with E-state index in [1.165, 1.54) is 17.7 Å². The Morgan fingerprint density at radius 3 is 3.14 bits per heavy atom. The van der Waals surface area contributed by atoms with Gasteiger partial charge in [-0.25, -0.2) is 9.97 Å². The summed E-state index contributed by atoms with van der Waals surface area (Å²) >= 11 is 0. The highest BCUT2D eigenvalue weighted by molar-refractivity contribution is 5.92. The van der Waals surface area contributed by atoms with Crippen LogP contribution in [0.25, 0.3) is 0 Å². The summed E-state index contributed by atoms with van der Waals surface area (Å²) < 4.78 is 0. The van der Waals surface area contributed by atoms with Crippen LogP contribution in [0.3, 0.4) is 0 Å². The van der Waals surface area contributed by atoms with Crippen LogP contribution in [0.2, 0.25) is 0 Å². The Bertz CT molecular complexity index is 730. The largest absolute Gasteiger partial charge is 0.366 e. The number of rotatable bonds is 3. The standard InChI is InChI=1S/C17H18N4O/c18-17(22)12-3-1-2-11(6-12)9-21-13-4-5-16(21)14-8-19-10-20-15(14)7-13/h1-3,6,8,10,13,16H,4-5,7,9H2,(H2,18,22). The maximum atomic E-state index is 11.3. The van der Waals surface area contributed by atoms with Gasteiger partial charge in [0.15, 0.2) is 0 Å². The van der Waals surface area contributed by atoms with Crippen molar-refractivity contribution in [3.63, 3.8) is 0 Å². The summed E-state index contributed by atoms with van der Waals surface area (Å²) in [6.07, 6.45) is 6.94. The number of amides is 1. The van der Waals surface area contributed by atoms with Gasteiger partial charge in [0.25, 0.3) is 0 Å². The summed E-state index contributed by atoms with van der Waals surface area (Å²) in [4.78, 5) is 22.5. The van der Waals surface area contributed by atoms with Crippen LogP contribution < -0.4 is 5.73 Å². The molecule has 1 amide bonds. The number of aromatic nitrogens is 2. The van der Waals surface area contributed by atoms with Crippen LogP contribution in [0.5, 0.6) is 0 Å². The molecule has 5 nitrogen and oxygen atoms in total. The lowest BCUT2D eigenvalue weighted by Gasteiger charge is -2.35. The summed E-state index contributed by atoms with van der Waals surface area (Å²) in [6, 6.07) is 8.55. The van der Waals surface area contributed by atoms with E-state index in [2.05, 4.69) is 20.9 Å². The second-order valence-corrected chi connectivity index (χ2v) is 6.11. The highest BCUT2D eigenvalue weighted by atomic mass is 16.1. The molecule has 2 aromatic rings. The lowest BCUT2D eigenvalue weighted by Crippen LogP contribution is -2.37. The van der Waals surface area contributed by atoms with Gasteiger partial charge in [0, 0.05) is 42.4 Å². The number of carbonyl (C=O) groups is 1. The van der Waals surface area contributed by atoms with Crippen LogP contribution >= 0.6 is 0 Å². The van der Waals surface area contributed by atoms with Crippen molar-refractivity contribution >= 4 is 5.91 Å². The quantitative estimate of drug-likeness (QED) is 0.937. The molecular weight excluding hydrogens is 276 g/mol. The molecule has 2 aliphatic rings. The van der Waals surface area contributed by atoms with Crippen LogP contribution in [0.4, 0.5) is 0 Å². The second-order valence-electron chi connectivity index (χ2n) is 6.11. The van der Waals surface area contributed by atoms with Gasteiger partial charge in [-0.15, -0.1) is 0 Å². The van der Waals surface area contributed by atoms with Crippen LogP contribution in [0.1, 0.15) is 46.1 Å². The van der Waals surface area contributed by atoms with Crippen molar-refractivity contribution in [3.05, 3.63) is 59.2 Å². The molecule has 1 fully saturated rings. The molecule has 1 aromatic heterocycles. The first-order valence-electron chi connectivity index (χ1n) is 7.65. The first-order chi connectivity index (χ1) is 10.7. The Hall–Kier alpha value is -2.27. The number of carbonyl (C=O) groups excluding carboxylic acids is 1. The molecule has 5 heteroatoms. The summed E-state index contributed by atoms with van der Waals surface area (Å²) in [5.74, 6) is -0.373. The molecule has 0 saturated carbocycles. The fraction of sp³-hybridized carbons (Fsp3) is 0.353. The van der Waals surface area contributed by atoms with E-state index in [-0.39, 0.29) is 5.91 Å². The Morgan fingerprint density at radius 2 is 2.27 bits per heavy atom. The Labute approximate surface area is 129 Å². The monoisotopic (exact) mass is 294 g/mol. The molecule has 0 spiro atoms. The molecule has 1 saturated heterocycles. The molecular formula is C17H18N4O. The second kappa shape index (κ2) is 5.18. The van der Waals surface area contributed by atoms with Gasteiger partial charge in [0.2, 0.25) is 5.91 Å². The van der Waals surface area contributed by atoms with Crippen LogP contribution in [-0.4, -0.2) is 26.8 Å². The molecule has 2 atom stereocenters. The summed E-state index contributed by atoms with van der Waals surface area (Å²) in [6.45, 7) is 0.838. The van der Waals surface area contributed by atoms with Gasteiger partial charge in [-0.05, 0) is 30.5 Å². The van der Waals surface area contributed by atoms with Crippen molar-refractivity contribution < 1.29 is 4.79 Å². The topological polar surface area (TPSA) is 72.1 Å². The van der Waals surface area contributed by atoms with Gasteiger partial charge in [0.1, 0.15) is 6.33 Å². The van der Waals surface area contributed by atoms with Gasteiger partial charge in [-0.3, -0.25) is 9.69 Å². The first kappa shape index (κ1) is 13.4. The molecule has 3 heterocycles. The third-order valence-corrected chi connectivity index (χ3v) is 4.83. The number of hydrogen-bond acceptors (Lipinski definition) is 4. The van der Waals surface area contributed by atoms with Crippen LogP contribution in [0, 0.1) is 0 Å². The number of hydrogen-bond donors (Lipinski definition) is 1. The van der Waals surface area contributed by atoms with Crippen molar-refractivity contribution in [1.29, 1.82) is 0 Å². The Kier molecular flexibility index (Phi) is 3.15. The van der Waals surface area contributed by atoms with E-state index in [4.69, 9.17) is 5.73 Å².